The number of aryl methyl sites for hydroxylation is 1. The van der Waals surface area contributed by atoms with E-state index in [4.69, 9.17) is 4.52 Å². The van der Waals surface area contributed by atoms with Gasteiger partial charge in [-0.1, -0.05) is 29.4 Å². The summed E-state index contributed by atoms with van der Waals surface area (Å²) < 4.78 is 30.0. The lowest BCUT2D eigenvalue weighted by Crippen LogP contribution is -2.24. The second kappa shape index (κ2) is 5.50. The molecule has 0 saturated heterocycles. The topological polar surface area (TPSA) is 85.1 Å². The van der Waals surface area contributed by atoms with Crippen molar-refractivity contribution in [3.63, 3.8) is 0 Å². The largest absolute Gasteiger partial charge is 0.338 e. The fourth-order valence-electron chi connectivity index (χ4n) is 1.53. The Hall–Kier alpha value is -1.73. The third kappa shape index (κ3) is 3.39. The third-order valence-electron chi connectivity index (χ3n) is 2.68. The number of hydrogen-bond acceptors (Lipinski definition) is 5. The van der Waals surface area contributed by atoms with Gasteiger partial charge in [0.05, 0.1) is 12.3 Å². The van der Waals surface area contributed by atoms with Crippen LogP contribution in [0.4, 0.5) is 0 Å². The monoisotopic (exact) mass is 281 g/mol. The molecule has 1 aromatic heterocycles. The van der Waals surface area contributed by atoms with Gasteiger partial charge in [-0.2, -0.15) is 4.98 Å². The Balaban J connectivity index is 2.14. The number of benzene rings is 1. The van der Waals surface area contributed by atoms with E-state index in [9.17, 15) is 8.42 Å². The number of aromatic nitrogens is 2. The molecule has 1 heterocycles. The summed E-state index contributed by atoms with van der Waals surface area (Å²) in [5.74, 6) is 0.727. The van der Waals surface area contributed by atoms with Crippen LogP contribution in [0.25, 0.3) is 11.4 Å². The predicted octanol–water partition coefficient (Wildman–Crippen LogP) is 1.48. The Morgan fingerprint density at radius 1 is 1.32 bits per heavy atom. The maximum absolute atomic E-state index is 11.3. The van der Waals surface area contributed by atoms with E-state index in [-0.39, 0.29) is 18.2 Å². The molecule has 0 aliphatic carbocycles. The van der Waals surface area contributed by atoms with Crippen molar-refractivity contribution < 1.29 is 12.9 Å². The summed E-state index contributed by atoms with van der Waals surface area (Å²) in [6.07, 6.45) is 0. The Labute approximate surface area is 111 Å². The maximum Gasteiger partial charge on any atom is 0.242 e. The zero-order valence-electron chi connectivity index (χ0n) is 10.8. The molecule has 0 amide bonds. The van der Waals surface area contributed by atoms with Crippen LogP contribution in [0.3, 0.4) is 0 Å². The molecule has 0 aliphatic rings. The number of rotatable bonds is 5. The van der Waals surface area contributed by atoms with E-state index in [2.05, 4.69) is 14.9 Å². The van der Waals surface area contributed by atoms with Gasteiger partial charge in [0.1, 0.15) is 0 Å². The van der Waals surface area contributed by atoms with Crippen LogP contribution in [0, 0.1) is 6.92 Å². The van der Waals surface area contributed by atoms with Gasteiger partial charge in [0, 0.05) is 5.56 Å². The van der Waals surface area contributed by atoms with Crippen molar-refractivity contribution >= 4 is 10.0 Å². The van der Waals surface area contributed by atoms with Crippen LogP contribution in [-0.2, 0) is 16.6 Å². The van der Waals surface area contributed by atoms with Crippen molar-refractivity contribution in [1.82, 2.24) is 14.9 Å². The molecule has 0 atom stereocenters. The maximum atomic E-state index is 11.3. The zero-order valence-corrected chi connectivity index (χ0v) is 11.6. The number of hydrogen-bond donors (Lipinski definition) is 1. The molecule has 7 heteroatoms. The molecular weight excluding hydrogens is 266 g/mol. The lowest BCUT2D eigenvalue weighted by molar-refractivity contribution is 0.376. The molecule has 19 heavy (non-hydrogen) atoms. The van der Waals surface area contributed by atoms with E-state index in [0.717, 1.165) is 11.1 Å². The fourth-order valence-corrected chi connectivity index (χ4v) is 2.08. The highest BCUT2D eigenvalue weighted by Crippen LogP contribution is 2.19. The highest BCUT2D eigenvalue weighted by molar-refractivity contribution is 7.89. The van der Waals surface area contributed by atoms with Crippen LogP contribution < -0.4 is 4.72 Å². The van der Waals surface area contributed by atoms with Crippen molar-refractivity contribution in [2.75, 3.05) is 5.75 Å². The molecule has 0 spiro atoms. The average molecular weight is 281 g/mol. The minimum atomic E-state index is -3.26. The van der Waals surface area contributed by atoms with Crippen LogP contribution in [0.5, 0.6) is 0 Å². The highest BCUT2D eigenvalue weighted by atomic mass is 32.2. The van der Waals surface area contributed by atoms with Gasteiger partial charge in [-0.05, 0) is 19.4 Å². The van der Waals surface area contributed by atoms with Crippen molar-refractivity contribution in [2.45, 2.75) is 20.4 Å². The highest BCUT2D eigenvalue weighted by Gasteiger charge is 2.12. The van der Waals surface area contributed by atoms with Gasteiger partial charge in [-0.3, -0.25) is 0 Å². The van der Waals surface area contributed by atoms with E-state index in [1.165, 1.54) is 0 Å². The van der Waals surface area contributed by atoms with E-state index in [1.807, 2.05) is 31.2 Å². The minimum absolute atomic E-state index is 0.00898. The molecule has 0 saturated carbocycles. The van der Waals surface area contributed by atoms with Crippen LogP contribution in [0.1, 0.15) is 18.4 Å². The summed E-state index contributed by atoms with van der Waals surface area (Å²) in [6, 6.07) is 7.65. The fraction of sp³-hybridized carbons (Fsp3) is 0.333. The summed E-state index contributed by atoms with van der Waals surface area (Å²) in [4.78, 5) is 4.17. The molecule has 1 N–H and O–H groups in total. The van der Waals surface area contributed by atoms with Crippen LogP contribution in [-0.4, -0.2) is 24.3 Å². The van der Waals surface area contributed by atoms with Gasteiger partial charge < -0.3 is 4.52 Å². The van der Waals surface area contributed by atoms with Crippen LogP contribution in [0.2, 0.25) is 0 Å². The second-order valence-corrected chi connectivity index (χ2v) is 6.15. The van der Waals surface area contributed by atoms with Crippen molar-refractivity contribution in [1.29, 1.82) is 0 Å². The van der Waals surface area contributed by atoms with Gasteiger partial charge in [0.15, 0.2) is 0 Å². The molecule has 6 nitrogen and oxygen atoms in total. The molecule has 0 radical (unpaired) electrons. The first kappa shape index (κ1) is 13.7. The van der Waals surface area contributed by atoms with E-state index < -0.39 is 10.0 Å². The lowest BCUT2D eigenvalue weighted by Gasteiger charge is -1.99. The SMILES string of the molecule is CCS(=O)(=O)NCc1nc(-c2ccccc2C)no1. The first-order valence-electron chi connectivity index (χ1n) is 5.88. The summed E-state index contributed by atoms with van der Waals surface area (Å²) in [5.41, 5.74) is 1.90. The van der Waals surface area contributed by atoms with E-state index in [1.54, 1.807) is 6.92 Å². The molecule has 0 aliphatic heterocycles. The summed E-state index contributed by atoms with van der Waals surface area (Å²) in [7, 11) is -3.26. The van der Waals surface area contributed by atoms with Gasteiger partial charge in [-0.15, -0.1) is 0 Å². The molecular formula is C12H15N3O3S. The minimum Gasteiger partial charge on any atom is -0.338 e. The summed E-state index contributed by atoms with van der Waals surface area (Å²) in [6.45, 7) is 3.52. The van der Waals surface area contributed by atoms with Crippen molar-refractivity contribution in [2.24, 2.45) is 0 Å². The quantitative estimate of drug-likeness (QED) is 0.897. The van der Waals surface area contributed by atoms with E-state index in [0.29, 0.717) is 5.82 Å². The molecule has 0 fully saturated rings. The van der Waals surface area contributed by atoms with E-state index >= 15 is 0 Å². The van der Waals surface area contributed by atoms with Crippen molar-refractivity contribution in [3.05, 3.63) is 35.7 Å². The molecule has 1 aromatic carbocycles. The smallest absolute Gasteiger partial charge is 0.242 e. The zero-order chi connectivity index (χ0) is 13.9. The Morgan fingerprint density at radius 3 is 2.74 bits per heavy atom. The van der Waals surface area contributed by atoms with Crippen molar-refractivity contribution in [3.8, 4) is 11.4 Å². The third-order valence-corrected chi connectivity index (χ3v) is 4.02. The van der Waals surface area contributed by atoms with Crippen LogP contribution >= 0.6 is 0 Å². The molecule has 2 rings (SSSR count). The number of sulfonamides is 1. The molecule has 102 valence electrons. The summed E-state index contributed by atoms with van der Waals surface area (Å²) >= 11 is 0. The normalized spacial score (nSPS) is 11.7. The first-order chi connectivity index (χ1) is 9.02. The predicted molar refractivity (Wildman–Crippen MR) is 70.8 cm³/mol. The molecule has 0 bridgehead atoms. The second-order valence-electron chi connectivity index (χ2n) is 4.05. The Morgan fingerprint density at radius 2 is 2.05 bits per heavy atom. The van der Waals surface area contributed by atoms with Crippen LogP contribution in [0.15, 0.2) is 28.8 Å². The van der Waals surface area contributed by atoms with Gasteiger partial charge in [0.2, 0.25) is 21.7 Å². The standard InChI is InChI=1S/C12H15N3O3S/c1-3-19(16,17)13-8-11-14-12(15-18-11)10-7-5-4-6-9(10)2/h4-7,13H,3,8H2,1-2H3. The van der Waals surface area contributed by atoms with Gasteiger partial charge >= 0.3 is 0 Å². The Kier molecular flexibility index (Phi) is 3.96. The lowest BCUT2D eigenvalue weighted by atomic mass is 10.1. The first-order valence-corrected chi connectivity index (χ1v) is 7.53. The Bertz CT molecular complexity index is 664. The van der Waals surface area contributed by atoms with Gasteiger partial charge in [0.25, 0.3) is 0 Å². The molecule has 0 unspecified atom stereocenters. The molecule has 2 aromatic rings. The number of nitrogens with zero attached hydrogens (tertiary/aromatic N) is 2. The summed E-state index contributed by atoms with van der Waals surface area (Å²) in [5, 5.41) is 3.85. The average Bonchev–Trinajstić information content (AvgIpc) is 2.86. The number of nitrogens with one attached hydrogen (secondary N) is 1. The van der Waals surface area contributed by atoms with Gasteiger partial charge in [-0.25, -0.2) is 13.1 Å².